The Morgan fingerprint density at radius 3 is 2.48 bits per heavy atom. The monoisotopic (exact) mass is 513 g/mol. The topological polar surface area (TPSA) is 68.6 Å². The summed E-state index contributed by atoms with van der Waals surface area (Å²) >= 11 is 6.95. The van der Waals surface area contributed by atoms with Gasteiger partial charge >= 0.3 is 0 Å². The maximum absolute atomic E-state index is 5.12. The zero-order valence-corrected chi connectivity index (χ0v) is 18.7. The highest BCUT2D eigenvalue weighted by Crippen LogP contribution is 2.23. The zero-order valence-electron chi connectivity index (χ0n) is 15.5. The molecule has 0 saturated carbocycles. The van der Waals surface area contributed by atoms with Crippen LogP contribution in [-0.4, -0.2) is 32.1 Å². The molecule has 1 N–H and O–H groups in total. The van der Waals surface area contributed by atoms with Crippen molar-refractivity contribution in [2.75, 3.05) is 7.11 Å². The van der Waals surface area contributed by atoms with Crippen LogP contribution in [0.4, 0.5) is 0 Å². The Bertz CT molecular complexity index is 1260. The fourth-order valence-electron chi connectivity index (χ4n) is 2.90. The predicted molar refractivity (Wildman–Crippen MR) is 121 cm³/mol. The van der Waals surface area contributed by atoms with Gasteiger partial charge in [-0.25, -0.2) is 4.98 Å². The number of hydrogen-bond acceptors (Lipinski definition) is 4. The number of aromatic amines is 1. The number of ether oxygens (including phenoxy) is 1. The lowest BCUT2D eigenvalue weighted by molar-refractivity contribution is 0.395. The van der Waals surface area contributed by atoms with Crippen LogP contribution in [0, 0.1) is 0 Å². The number of rotatable bonds is 3. The number of nitrogens with zero attached hydrogens (tertiary/aromatic N) is 4. The average molecular weight is 515 g/mol. The Kier molecular flexibility index (Phi) is 5.92. The van der Waals surface area contributed by atoms with Crippen molar-refractivity contribution in [3.63, 3.8) is 0 Å². The van der Waals surface area contributed by atoms with Crippen molar-refractivity contribution in [2.45, 2.75) is 6.54 Å². The standard InChI is InChI=1S/C14H12BrN3O.C7H5BrN2/c1-19-14-7-2-4-10(16-14)8-18-9-11-12(15)5-3-6-13(11)17-18;8-6-2-1-3-7-5(6)4-9-10-7/h2-7,9H,8H2,1H3;1-4H,(H,9,10). The molecule has 0 atom stereocenters. The number of pyridine rings is 1. The van der Waals surface area contributed by atoms with Crippen LogP contribution < -0.4 is 4.74 Å². The average Bonchev–Trinajstić information content (AvgIpc) is 3.37. The highest BCUT2D eigenvalue weighted by Gasteiger charge is 2.05. The lowest BCUT2D eigenvalue weighted by Crippen LogP contribution is -2.02. The number of benzene rings is 2. The van der Waals surface area contributed by atoms with Crippen molar-refractivity contribution in [1.29, 1.82) is 0 Å². The molecule has 0 spiro atoms. The number of methoxy groups -OCH3 is 1. The predicted octanol–water partition coefficient (Wildman–Crippen LogP) is 5.58. The third-order valence-electron chi connectivity index (χ3n) is 4.29. The van der Waals surface area contributed by atoms with E-state index in [0.29, 0.717) is 12.4 Å². The molecule has 0 amide bonds. The molecule has 8 heteroatoms. The van der Waals surface area contributed by atoms with E-state index in [1.54, 1.807) is 13.3 Å². The second-order valence-electron chi connectivity index (χ2n) is 6.24. The molecule has 6 nitrogen and oxygen atoms in total. The number of aromatic nitrogens is 5. The summed E-state index contributed by atoms with van der Waals surface area (Å²) in [6.07, 6.45) is 3.82. The Morgan fingerprint density at radius 2 is 1.72 bits per heavy atom. The molecule has 5 rings (SSSR count). The van der Waals surface area contributed by atoms with E-state index in [2.05, 4.69) is 52.1 Å². The van der Waals surface area contributed by atoms with Crippen molar-refractivity contribution in [3.8, 4) is 5.88 Å². The summed E-state index contributed by atoms with van der Waals surface area (Å²) in [6.45, 7) is 0.623. The first-order valence-corrected chi connectivity index (χ1v) is 10.4. The minimum atomic E-state index is 0.621. The molecule has 146 valence electrons. The van der Waals surface area contributed by atoms with Crippen molar-refractivity contribution in [3.05, 3.63) is 81.6 Å². The molecule has 0 aliphatic heterocycles. The SMILES string of the molecule is Brc1cccc2[nH]ncc12.COc1cccc(Cn2cc3c(Br)cccc3n2)n1. The molecule has 29 heavy (non-hydrogen) atoms. The van der Waals surface area contributed by atoms with Crippen LogP contribution >= 0.6 is 31.9 Å². The van der Waals surface area contributed by atoms with Gasteiger partial charge in [0.25, 0.3) is 0 Å². The Balaban J connectivity index is 0.000000171. The van der Waals surface area contributed by atoms with E-state index in [-0.39, 0.29) is 0 Å². The third-order valence-corrected chi connectivity index (χ3v) is 5.67. The molecule has 2 aromatic carbocycles. The van der Waals surface area contributed by atoms with Gasteiger partial charge in [0.15, 0.2) is 0 Å². The molecule has 0 aliphatic carbocycles. The van der Waals surface area contributed by atoms with Gasteiger partial charge in [0, 0.05) is 32.0 Å². The van der Waals surface area contributed by atoms with Crippen molar-refractivity contribution >= 4 is 53.7 Å². The summed E-state index contributed by atoms with van der Waals surface area (Å²) in [6, 6.07) is 17.7. The van der Waals surface area contributed by atoms with Crippen LogP contribution in [0.2, 0.25) is 0 Å². The first-order chi connectivity index (χ1) is 14.1. The largest absolute Gasteiger partial charge is 0.481 e. The van der Waals surface area contributed by atoms with Crippen LogP contribution in [0.1, 0.15) is 5.69 Å². The Morgan fingerprint density at radius 1 is 0.966 bits per heavy atom. The quantitative estimate of drug-likeness (QED) is 0.341. The first-order valence-electron chi connectivity index (χ1n) is 8.83. The fraction of sp³-hybridized carbons (Fsp3) is 0.0952. The first kappa shape index (κ1) is 19.6. The van der Waals surface area contributed by atoms with Crippen LogP contribution in [-0.2, 0) is 6.54 Å². The van der Waals surface area contributed by atoms with Crippen LogP contribution in [0.15, 0.2) is 75.9 Å². The highest BCUT2D eigenvalue weighted by atomic mass is 79.9. The number of fused-ring (bicyclic) bond motifs is 2. The second kappa shape index (κ2) is 8.75. The van der Waals surface area contributed by atoms with Crippen molar-refractivity contribution in [2.24, 2.45) is 0 Å². The summed E-state index contributed by atoms with van der Waals surface area (Å²) in [5.74, 6) is 0.621. The normalized spacial score (nSPS) is 10.7. The molecule has 0 bridgehead atoms. The van der Waals surface area contributed by atoms with Gasteiger partial charge in [-0.1, -0.05) is 50.1 Å². The van der Waals surface area contributed by atoms with Gasteiger partial charge in [0.1, 0.15) is 0 Å². The van der Waals surface area contributed by atoms with Gasteiger partial charge in [-0.15, -0.1) is 0 Å². The summed E-state index contributed by atoms with van der Waals surface area (Å²) < 4.78 is 9.14. The molecular weight excluding hydrogens is 498 g/mol. The Labute approximate surface area is 184 Å². The molecule has 3 heterocycles. The summed E-state index contributed by atoms with van der Waals surface area (Å²) in [5, 5.41) is 13.5. The molecule has 0 fully saturated rings. The fourth-order valence-corrected chi connectivity index (χ4v) is 3.82. The number of H-pyrrole nitrogens is 1. The number of hydrogen-bond donors (Lipinski definition) is 1. The summed E-state index contributed by atoms with van der Waals surface area (Å²) in [4.78, 5) is 4.38. The minimum absolute atomic E-state index is 0.621. The minimum Gasteiger partial charge on any atom is -0.481 e. The smallest absolute Gasteiger partial charge is 0.213 e. The molecule has 0 aliphatic rings. The van der Waals surface area contributed by atoms with E-state index >= 15 is 0 Å². The lowest BCUT2D eigenvalue weighted by atomic mass is 10.3. The zero-order chi connectivity index (χ0) is 20.2. The lowest BCUT2D eigenvalue weighted by Gasteiger charge is -2.03. The van der Waals surface area contributed by atoms with Gasteiger partial charge < -0.3 is 4.74 Å². The molecular formula is C21H17Br2N5O. The van der Waals surface area contributed by atoms with E-state index < -0.39 is 0 Å². The van der Waals surface area contributed by atoms with E-state index in [1.165, 1.54) is 0 Å². The maximum atomic E-state index is 5.12. The van der Waals surface area contributed by atoms with Gasteiger partial charge in [0.2, 0.25) is 5.88 Å². The van der Waals surface area contributed by atoms with Gasteiger partial charge in [-0.3, -0.25) is 9.78 Å². The molecule has 0 unspecified atom stereocenters. The van der Waals surface area contributed by atoms with Crippen LogP contribution in [0.5, 0.6) is 5.88 Å². The summed E-state index contributed by atoms with van der Waals surface area (Å²) in [7, 11) is 1.62. The van der Waals surface area contributed by atoms with E-state index in [1.807, 2.05) is 65.5 Å². The van der Waals surface area contributed by atoms with Gasteiger partial charge in [-0.05, 0) is 30.3 Å². The highest BCUT2D eigenvalue weighted by molar-refractivity contribution is 9.11. The van der Waals surface area contributed by atoms with Crippen LogP contribution in [0.25, 0.3) is 21.8 Å². The van der Waals surface area contributed by atoms with Gasteiger partial charge in [-0.2, -0.15) is 10.2 Å². The molecule has 0 saturated heterocycles. The number of nitrogens with one attached hydrogen (secondary N) is 1. The Hall–Kier alpha value is -2.71. The van der Waals surface area contributed by atoms with Crippen molar-refractivity contribution < 1.29 is 4.74 Å². The molecule has 0 radical (unpaired) electrons. The van der Waals surface area contributed by atoms with Crippen molar-refractivity contribution in [1.82, 2.24) is 25.0 Å². The van der Waals surface area contributed by atoms with E-state index in [4.69, 9.17) is 4.74 Å². The molecule has 5 aromatic rings. The maximum Gasteiger partial charge on any atom is 0.213 e. The third kappa shape index (κ3) is 4.49. The van der Waals surface area contributed by atoms with E-state index in [9.17, 15) is 0 Å². The summed E-state index contributed by atoms with van der Waals surface area (Å²) in [5.41, 5.74) is 2.95. The van der Waals surface area contributed by atoms with Crippen LogP contribution in [0.3, 0.4) is 0 Å². The van der Waals surface area contributed by atoms with Gasteiger partial charge in [0.05, 0.1) is 36.6 Å². The molecule has 3 aromatic heterocycles. The second-order valence-corrected chi connectivity index (χ2v) is 7.95. The number of halogens is 2. The van der Waals surface area contributed by atoms with E-state index in [0.717, 1.165) is 36.4 Å².